The zero-order valence-electron chi connectivity index (χ0n) is 83.0. The van der Waals surface area contributed by atoms with Crippen molar-refractivity contribution >= 4 is 225 Å². The number of alkyl halides is 10. The zero-order chi connectivity index (χ0) is 112. The molecule has 0 radical (unpaired) electrons. The lowest BCUT2D eigenvalue weighted by Crippen LogP contribution is -2.40. The molecular formula is C80H102Cl2F8N24O22S12. The molecule has 0 bridgehead atoms. The molecule has 0 aromatic carbocycles. The molecular weight excluding hydrogens is 2260 g/mol. The van der Waals surface area contributed by atoms with Gasteiger partial charge >= 0.3 is 84.3 Å². The second-order valence-corrected chi connectivity index (χ2v) is 43.3. The second-order valence-electron chi connectivity index (χ2n) is 28.0. The molecule has 12 heterocycles. The first-order chi connectivity index (χ1) is 69.6. The standard InChI is InChI=1S/C10H14N2O2S.C9H14N2O2S.2C8H12N2O2S.2C7H10N2O2S.C6H6Cl2N2O2S.C6H3F5N2O2S.C6H8N2O2S.C5H3F3N2O2S.C5H6N2O2S.C3H4N2S/c1-7-11-12-9(15-7)10(13)14-8-5-3-2-4-6-8;1-4-7(5-2)13-9(12)8-11-10-6(3)14-8;1-4-5(2)12-8(11)7-10-9-6(3)13-7;1-3-4-5-12-8(11)7-10-9-6(2)13-7;1-4(2)11-7(10)6-9-8-5(3)12-6;1-3-4-11-7(10)6-9-8-5(2)12-6;1-3-9-10-5(13-3)6(11)12-2-4(7)8;1-2-12-13-3(16-2)4(14)15-6(10,11)5(7,8)9;1-3-10-6(9)5-8-7-4(2)11-5;1-2-9-10-3(13-2)4(11)12-5(6,7)8;1-3-6-7-4(10-3)5(8)9-2;1-3-5-4-2-6-3/h8H,2-6H2,1H3;7H,4-5H2,1-3H3;5H,4H2,1-3H3;3-5H2,1-2H3;4H,1-3H3;3-4H2,1-2H3;4H,2H2,1H3;1H3;3H2,1-2H3;1H3;1-2H3;2H,1H3. The van der Waals surface area contributed by atoms with Gasteiger partial charge in [0.05, 0.1) is 39.1 Å². The van der Waals surface area contributed by atoms with Crippen molar-refractivity contribution in [2.45, 2.75) is 264 Å². The number of aromatic nitrogens is 24. The number of nitrogens with zero attached hydrogens (tertiary/aromatic N) is 24. The topological polar surface area (TPSA) is 599 Å². The molecule has 1 saturated carbocycles. The van der Waals surface area contributed by atoms with Gasteiger partial charge in [-0.2, -0.15) is 22.0 Å². The van der Waals surface area contributed by atoms with E-state index in [-0.39, 0.29) is 70.9 Å². The van der Waals surface area contributed by atoms with E-state index in [0.29, 0.717) is 81.2 Å². The molecule has 0 saturated heterocycles. The minimum atomic E-state index is -5.96. The molecule has 0 aliphatic heterocycles. The maximum Gasteiger partial charge on any atom is 0.575 e. The number of esters is 11. The highest BCUT2D eigenvalue weighted by atomic mass is 35.5. The van der Waals surface area contributed by atoms with Crippen LogP contribution in [-0.2, 0) is 52.1 Å². The van der Waals surface area contributed by atoms with Crippen molar-refractivity contribution in [2.75, 3.05) is 33.5 Å². The van der Waals surface area contributed by atoms with E-state index in [4.69, 9.17) is 61.1 Å². The van der Waals surface area contributed by atoms with E-state index in [1.165, 1.54) is 118 Å². The number of hydrogen-bond donors (Lipinski definition) is 0. The predicted octanol–water partition coefficient (Wildman–Crippen LogP) is 18.9. The summed E-state index contributed by atoms with van der Waals surface area (Å²) in [6, 6.07) is 0. The van der Waals surface area contributed by atoms with Crippen LogP contribution in [0.5, 0.6) is 0 Å². The molecule has 816 valence electrons. The molecule has 13 rings (SSSR count). The molecule has 1 aliphatic carbocycles. The summed E-state index contributed by atoms with van der Waals surface area (Å²) in [7, 11) is 1.32. The van der Waals surface area contributed by atoms with Gasteiger partial charge in [0, 0.05) is 0 Å². The van der Waals surface area contributed by atoms with Crippen LogP contribution in [-0.4, -0.2) is 269 Å². The van der Waals surface area contributed by atoms with Gasteiger partial charge in [0.1, 0.15) is 89.3 Å². The highest BCUT2D eigenvalue weighted by Crippen LogP contribution is 2.37. The van der Waals surface area contributed by atoms with Gasteiger partial charge in [0.2, 0.25) is 55.1 Å². The number of unbranched alkanes of at least 4 members (excludes halogenated alkanes) is 1. The van der Waals surface area contributed by atoms with Gasteiger partial charge in [-0.25, -0.2) is 52.7 Å². The summed E-state index contributed by atoms with van der Waals surface area (Å²) in [5.74, 6) is -6.93. The Morgan fingerprint density at radius 1 is 0.345 bits per heavy atom. The van der Waals surface area contributed by atoms with E-state index in [1.807, 2.05) is 62.3 Å². The first kappa shape index (κ1) is 133. The Morgan fingerprint density at radius 3 is 0.912 bits per heavy atom. The summed E-state index contributed by atoms with van der Waals surface area (Å²) in [4.78, 5) is 121. The van der Waals surface area contributed by atoms with Crippen molar-refractivity contribution in [1.82, 2.24) is 122 Å². The van der Waals surface area contributed by atoms with Crippen LogP contribution in [0.15, 0.2) is 5.51 Å². The van der Waals surface area contributed by atoms with Crippen LogP contribution in [0.25, 0.3) is 0 Å². The Labute approximate surface area is 898 Å². The summed E-state index contributed by atoms with van der Waals surface area (Å²) in [6.45, 7) is 39.4. The smallest absolute Gasteiger partial charge is 0.464 e. The number of carbonyl (C=O) groups is 11. The highest BCUT2D eigenvalue weighted by molar-refractivity contribution is 7.16. The van der Waals surface area contributed by atoms with E-state index in [2.05, 4.69) is 137 Å². The minimum absolute atomic E-state index is 0.00768. The Hall–Kier alpha value is -11.1. The lowest BCUT2D eigenvalue weighted by atomic mass is 9.98. The predicted molar refractivity (Wildman–Crippen MR) is 530 cm³/mol. The number of halogens is 10. The van der Waals surface area contributed by atoms with E-state index in [9.17, 15) is 87.9 Å². The van der Waals surface area contributed by atoms with Crippen LogP contribution in [0, 0.1) is 83.1 Å². The van der Waals surface area contributed by atoms with Gasteiger partial charge < -0.3 is 52.1 Å². The molecule has 0 N–H and O–H groups in total. The third-order valence-corrected chi connectivity index (χ3v) is 25.0. The molecule has 148 heavy (non-hydrogen) atoms. The van der Waals surface area contributed by atoms with Crippen LogP contribution in [0.2, 0.25) is 0 Å². The SMILES string of the molecule is CCC(C)OC(=O)c1nnc(C)s1.CCC(CC)OC(=O)c1nnc(C)s1.CCCCOC(=O)c1nnc(C)s1.CCCOC(=O)c1nnc(C)s1.CCOC(=O)c1nnc(C)s1.COC(=O)c1nnc(C)s1.Cc1nnc(C(=O)OC(C)C)s1.Cc1nnc(C(=O)OC(F)(F)C(F)(F)F)s1.Cc1nnc(C(=O)OC(F)(F)F)s1.Cc1nnc(C(=O)OC2CCCCC2)s1.Cc1nnc(C(=O)OCC(Cl)Cl)s1.Cc1nncs1. The number of rotatable bonds is 27. The number of aryl methyl sites for hydroxylation is 12. The van der Waals surface area contributed by atoms with Crippen LogP contribution >= 0.6 is 159 Å². The van der Waals surface area contributed by atoms with E-state index in [0.717, 1.165) is 132 Å². The normalized spacial score (nSPS) is 11.4. The monoisotopic (exact) mass is 2360 g/mol. The molecule has 0 amide bonds. The van der Waals surface area contributed by atoms with Crippen molar-refractivity contribution < 1.29 is 140 Å². The Morgan fingerprint density at radius 2 is 0.649 bits per heavy atom. The molecule has 1 atom stereocenters. The Bertz CT molecular complexity index is 5970. The number of ether oxygens (including phenoxy) is 11. The van der Waals surface area contributed by atoms with Crippen molar-refractivity contribution in [2.24, 2.45) is 0 Å². The fourth-order valence-electron chi connectivity index (χ4n) is 8.50. The quantitative estimate of drug-likeness (QED) is 0.0152. The maximum atomic E-state index is 12.3. The maximum absolute atomic E-state index is 12.3. The van der Waals surface area contributed by atoms with E-state index < -0.39 is 69.3 Å². The fourth-order valence-corrected chi connectivity index (χ4v) is 15.3. The number of hydrogen-bond acceptors (Lipinski definition) is 58. The van der Waals surface area contributed by atoms with Crippen molar-refractivity contribution in [3.05, 3.63) is 121 Å². The van der Waals surface area contributed by atoms with Crippen LogP contribution < -0.4 is 0 Å². The third kappa shape index (κ3) is 56.5. The van der Waals surface area contributed by atoms with E-state index in [1.54, 1.807) is 86.1 Å². The first-order valence-corrected chi connectivity index (χ1v) is 53.7. The molecule has 0 spiro atoms. The summed E-state index contributed by atoms with van der Waals surface area (Å²) >= 11 is 24.8. The number of methoxy groups -OCH3 is 1. The van der Waals surface area contributed by atoms with Gasteiger partial charge in [0.15, 0.2) is 0 Å². The summed E-state index contributed by atoms with van der Waals surface area (Å²) in [5.41, 5.74) is 1.72. The van der Waals surface area contributed by atoms with Gasteiger partial charge in [-0.05, 0) is 169 Å². The molecule has 12 aromatic heterocycles. The lowest BCUT2D eigenvalue weighted by molar-refractivity contribution is -0.370. The average Bonchev–Trinajstić information content (AvgIpc) is 1.33. The summed E-state index contributed by atoms with van der Waals surface area (Å²) in [6.07, 6.45) is -5.79. The summed E-state index contributed by atoms with van der Waals surface area (Å²) < 4.78 is 144. The largest absolute Gasteiger partial charge is 0.575 e. The van der Waals surface area contributed by atoms with Crippen molar-refractivity contribution in [1.29, 1.82) is 0 Å². The lowest BCUT2D eigenvalue weighted by Gasteiger charge is -2.20. The van der Waals surface area contributed by atoms with Crippen LogP contribution in [0.1, 0.15) is 301 Å². The van der Waals surface area contributed by atoms with Gasteiger partial charge in [-0.1, -0.05) is 172 Å². The van der Waals surface area contributed by atoms with Crippen LogP contribution in [0.3, 0.4) is 0 Å². The molecule has 1 aliphatic rings. The van der Waals surface area contributed by atoms with Gasteiger partial charge in [-0.15, -0.1) is 170 Å². The van der Waals surface area contributed by atoms with Crippen molar-refractivity contribution in [3.63, 3.8) is 0 Å². The van der Waals surface area contributed by atoms with Crippen molar-refractivity contribution in [3.8, 4) is 0 Å². The first-order valence-electron chi connectivity index (χ1n) is 43.0. The van der Waals surface area contributed by atoms with Crippen LogP contribution in [0.4, 0.5) is 35.1 Å². The Balaban J connectivity index is 0.000000548. The minimum Gasteiger partial charge on any atom is -0.464 e. The second kappa shape index (κ2) is 70.8. The molecule has 68 heteroatoms. The number of carbonyl (C=O) groups excluding carboxylic acids is 11. The zero-order valence-corrected chi connectivity index (χ0v) is 94.3. The summed E-state index contributed by atoms with van der Waals surface area (Å²) in [5, 5.41) is 97.1. The Kier molecular flexibility index (Phi) is 63.6. The molecule has 1 unspecified atom stereocenters. The van der Waals surface area contributed by atoms with Gasteiger partial charge in [0.25, 0.3) is 0 Å². The van der Waals surface area contributed by atoms with Gasteiger partial charge in [-0.3, -0.25) is 0 Å². The molecule has 46 nitrogen and oxygen atoms in total. The fraction of sp³-hybridized carbons (Fsp3) is 0.562. The average molecular weight is 2360 g/mol. The molecule has 1 fully saturated rings. The third-order valence-electron chi connectivity index (χ3n) is 15.1. The van der Waals surface area contributed by atoms with E-state index >= 15 is 0 Å². The molecule has 12 aromatic rings. The highest BCUT2D eigenvalue weighted by Gasteiger charge is 2.62.